The molecular weight excluding hydrogens is 1040 g/mol. The summed E-state index contributed by atoms with van der Waals surface area (Å²) in [6.45, 7) is 26.9. The Hall–Kier alpha value is -8.67. The average molecular weight is 1130 g/mol. The van der Waals surface area contributed by atoms with E-state index in [9.17, 15) is 6.85 Å². The molecule has 5 heteroatoms. The number of para-hydroxylation sites is 2. The molecule has 86 heavy (non-hydrogen) atoms. The Morgan fingerprint density at radius 2 is 1.17 bits per heavy atom. The fourth-order valence-electron chi connectivity index (χ4n) is 13.4. The van der Waals surface area contributed by atoms with Gasteiger partial charge in [-0.15, -0.1) is 0 Å². The monoisotopic (exact) mass is 1130 g/mol. The van der Waals surface area contributed by atoms with Crippen molar-refractivity contribution in [1.29, 1.82) is 0 Å². The van der Waals surface area contributed by atoms with Crippen LogP contribution in [0.25, 0.3) is 72.1 Å². The second-order valence-electron chi connectivity index (χ2n) is 28.3. The summed E-state index contributed by atoms with van der Waals surface area (Å²) in [7, 11) is 0. The summed E-state index contributed by atoms with van der Waals surface area (Å²) in [5, 5.41) is 1.90. The van der Waals surface area contributed by atoms with Crippen molar-refractivity contribution < 1.29 is 13.0 Å². The van der Waals surface area contributed by atoms with Crippen molar-refractivity contribution in [1.82, 2.24) is 9.55 Å². The fourth-order valence-corrected chi connectivity index (χ4v) is 13.4. The number of rotatable bonds is 9. The minimum absolute atomic E-state index is 0.0221. The van der Waals surface area contributed by atoms with E-state index in [1.807, 2.05) is 53.1 Å². The summed E-state index contributed by atoms with van der Waals surface area (Å²) in [5.41, 5.74) is 17.3. The van der Waals surface area contributed by atoms with Crippen LogP contribution in [0.1, 0.15) is 144 Å². The van der Waals surface area contributed by atoms with Crippen LogP contribution in [0.3, 0.4) is 0 Å². The zero-order valence-electron chi connectivity index (χ0n) is 58.2. The van der Waals surface area contributed by atoms with Gasteiger partial charge >= 0.3 is 0 Å². The van der Waals surface area contributed by atoms with Crippen LogP contribution in [-0.4, -0.2) is 16.2 Å². The second kappa shape index (κ2) is 20.8. The van der Waals surface area contributed by atoms with Crippen LogP contribution in [0.4, 0.5) is 22.7 Å². The van der Waals surface area contributed by atoms with Crippen LogP contribution in [0.2, 0.25) is 0 Å². The Kier molecular flexibility index (Phi) is 12.0. The molecule has 0 fully saturated rings. The van der Waals surface area contributed by atoms with Crippen molar-refractivity contribution in [2.75, 3.05) is 16.5 Å². The predicted molar refractivity (Wildman–Crippen MR) is 365 cm³/mol. The minimum atomic E-state index is -2.65. The lowest BCUT2D eigenvalue weighted by Gasteiger charge is -2.43. The zero-order chi connectivity index (χ0) is 65.4. The highest BCUT2D eigenvalue weighted by Gasteiger charge is 2.39. The predicted octanol–water partition coefficient (Wildman–Crippen LogP) is 22.4. The fraction of sp³-hybridized carbons (Fsp3) is 0.272. The average Bonchev–Trinajstić information content (AvgIpc) is 0.923. The van der Waals surface area contributed by atoms with Crippen molar-refractivity contribution in [3.63, 3.8) is 0 Å². The molecule has 1 aliphatic carbocycles. The lowest BCUT2D eigenvalue weighted by Crippen LogP contribution is -2.34. The number of benzene rings is 9. The number of aryl methyl sites for hydroxylation is 1. The molecular formula is C81H82N4O. The molecule has 1 aliphatic heterocycles. The van der Waals surface area contributed by atoms with Crippen molar-refractivity contribution >= 4 is 44.6 Å². The summed E-state index contributed by atoms with van der Waals surface area (Å²) in [5.74, 6) is 1.60. The summed E-state index contributed by atoms with van der Waals surface area (Å²) >= 11 is 0. The van der Waals surface area contributed by atoms with Gasteiger partial charge in [0.2, 0.25) is 0 Å². The van der Waals surface area contributed by atoms with Crippen molar-refractivity contribution in [3.8, 4) is 61.8 Å². The number of anilines is 4. The molecule has 0 bridgehead atoms. The van der Waals surface area contributed by atoms with Gasteiger partial charge in [-0.1, -0.05) is 217 Å². The first-order valence-electron chi connectivity index (χ1n) is 33.5. The molecule has 13 rings (SSSR count). The van der Waals surface area contributed by atoms with Crippen molar-refractivity contribution in [2.45, 2.75) is 137 Å². The molecule has 0 amide bonds. The number of pyridine rings is 1. The Balaban J connectivity index is 0.949. The van der Waals surface area contributed by atoms with Crippen LogP contribution in [0.15, 0.2) is 206 Å². The summed E-state index contributed by atoms with van der Waals surface area (Å²) < 4.78 is 64.4. The van der Waals surface area contributed by atoms with E-state index in [1.165, 1.54) is 38.9 Å². The number of hydrogen-bond donors (Lipinski definition) is 0. The van der Waals surface area contributed by atoms with E-state index >= 15 is 0 Å². The maximum Gasteiger partial charge on any atom is 0.137 e. The molecule has 2 aliphatic rings. The van der Waals surface area contributed by atoms with Crippen LogP contribution in [-0.2, 0) is 27.1 Å². The van der Waals surface area contributed by atoms with Gasteiger partial charge in [0, 0.05) is 55.6 Å². The topological polar surface area (TPSA) is 33.5 Å². The highest BCUT2D eigenvalue weighted by molar-refractivity contribution is 6.16. The van der Waals surface area contributed by atoms with Gasteiger partial charge in [-0.3, -0.25) is 4.57 Å². The van der Waals surface area contributed by atoms with E-state index in [-0.39, 0.29) is 45.5 Å². The lowest BCUT2D eigenvalue weighted by atomic mass is 9.61. The minimum Gasteiger partial charge on any atom is -0.457 e. The van der Waals surface area contributed by atoms with Gasteiger partial charge in [0.1, 0.15) is 24.0 Å². The van der Waals surface area contributed by atoms with Gasteiger partial charge in [0.15, 0.2) is 0 Å². The van der Waals surface area contributed by atoms with Gasteiger partial charge in [0.25, 0.3) is 0 Å². The number of ether oxygens (including phenoxy) is 1. The van der Waals surface area contributed by atoms with Crippen LogP contribution in [0.5, 0.6) is 11.5 Å². The van der Waals surface area contributed by atoms with E-state index < -0.39 is 17.7 Å². The molecule has 9 aromatic carbocycles. The first-order chi connectivity index (χ1) is 43.4. The number of fused-ring (bicyclic) bond motifs is 5. The Morgan fingerprint density at radius 3 is 1.93 bits per heavy atom. The molecule has 0 atom stereocenters. The maximum atomic E-state index is 9.49. The molecule has 0 radical (unpaired) electrons. The molecule has 0 N–H and O–H groups in total. The van der Waals surface area contributed by atoms with E-state index in [4.69, 9.17) is 11.1 Å². The van der Waals surface area contributed by atoms with Gasteiger partial charge in [-0.25, -0.2) is 4.98 Å². The number of hydrogen-bond acceptors (Lipinski definition) is 4. The SMILES string of the molecule is [2H]c1c([2H])c(-c2cnc(-n3c4cc(Oc5cccc(N6CN(c7c(-c8cccc(C(C)(C)C)c8)cc(C(C)(C)C)cc7-c7ccccc7C(C)(C)C)c7ccccc76)c5)ccc4c4c(-c5ccccc5)cccc43)cc2C([2H])([2H])[2H])c2c(c1[2H])C(C)(C)CCC2(C)C. The third-order valence-electron chi connectivity index (χ3n) is 18.3. The Labute approximate surface area is 519 Å². The van der Waals surface area contributed by atoms with Crippen molar-refractivity contribution in [2.24, 2.45) is 0 Å². The molecule has 5 nitrogen and oxygen atoms in total. The van der Waals surface area contributed by atoms with Gasteiger partial charge < -0.3 is 14.5 Å². The van der Waals surface area contributed by atoms with E-state index in [2.05, 4.69) is 227 Å². The van der Waals surface area contributed by atoms with Gasteiger partial charge in [-0.05, 0) is 169 Å². The Morgan fingerprint density at radius 1 is 0.512 bits per heavy atom. The maximum absolute atomic E-state index is 9.49. The molecule has 432 valence electrons. The van der Waals surface area contributed by atoms with E-state index in [0.29, 0.717) is 35.1 Å². The highest BCUT2D eigenvalue weighted by Crippen LogP contribution is 2.54. The van der Waals surface area contributed by atoms with Gasteiger partial charge in [-0.2, -0.15) is 0 Å². The Bertz CT molecular complexity index is 4750. The molecule has 0 saturated carbocycles. The molecule has 0 spiro atoms. The second-order valence-corrected chi connectivity index (χ2v) is 28.3. The highest BCUT2D eigenvalue weighted by atomic mass is 16.5. The molecule has 0 unspecified atom stereocenters. The number of nitrogens with zero attached hydrogens (tertiary/aromatic N) is 4. The third kappa shape index (κ3) is 9.97. The lowest BCUT2D eigenvalue weighted by molar-refractivity contribution is 0.333. The zero-order valence-corrected chi connectivity index (χ0v) is 52.2. The van der Waals surface area contributed by atoms with E-state index in [1.54, 1.807) is 12.3 Å². The first kappa shape index (κ1) is 49.6. The van der Waals surface area contributed by atoms with Crippen molar-refractivity contribution in [3.05, 3.63) is 240 Å². The molecule has 0 saturated heterocycles. The third-order valence-corrected chi connectivity index (χ3v) is 18.3. The molecule has 11 aromatic rings. The standard InChI is InChI=1S/C81H82N4O/c1-52-44-73(82-50-66(52)62-34-24-36-68-75(62)81(13,14)43-42-80(68,11)12)85-71-39-25-33-60(53-26-16-15-17-27-53)74(71)63-41-40-59(49-72(63)85)86-58-31-23-30-57(48-58)83-51-84(70-38-21-20-37-69(70)83)76-64(54-28-22-29-55(45-54)77(2,3)4)46-56(78(5,6)7)47-65(76)61-32-18-19-35-67(61)79(8,9)10/h15-41,44-50H,42-43,51H2,1-14H3/i1D3,24D,34D,36D. The summed E-state index contributed by atoms with van der Waals surface area (Å²) in [6.07, 6.45) is 3.15. The normalized spacial score (nSPS) is 16.0. The largest absolute Gasteiger partial charge is 0.457 e. The number of aromatic nitrogens is 2. The van der Waals surface area contributed by atoms with E-state index in [0.717, 1.165) is 74.1 Å². The summed E-state index contributed by atoms with van der Waals surface area (Å²) in [4.78, 5) is 10.1. The van der Waals surface area contributed by atoms with Crippen LogP contribution < -0.4 is 14.5 Å². The first-order valence-corrected chi connectivity index (χ1v) is 30.5. The van der Waals surface area contributed by atoms with Crippen LogP contribution in [0, 0.1) is 6.85 Å². The quantitative estimate of drug-likeness (QED) is 0.144. The summed E-state index contributed by atoms with van der Waals surface area (Å²) in [6, 6.07) is 63.8. The van der Waals surface area contributed by atoms with Gasteiger partial charge in [0.05, 0.1) is 32.2 Å². The molecule has 2 aromatic heterocycles. The van der Waals surface area contributed by atoms with Crippen LogP contribution >= 0.6 is 0 Å². The molecule has 3 heterocycles. The smallest absolute Gasteiger partial charge is 0.137 e.